The van der Waals surface area contributed by atoms with Gasteiger partial charge in [-0.15, -0.1) is 0 Å². The molecule has 1 saturated carbocycles. The van der Waals surface area contributed by atoms with Crippen molar-refractivity contribution in [2.75, 3.05) is 33.4 Å². The highest BCUT2D eigenvalue weighted by Crippen LogP contribution is 2.36. The van der Waals surface area contributed by atoms with Gasteiger partial charge in [-0.3, -0.25) is 9.48 Å². The van der Waals surface area contributed by atoms with E-state index >= 15 is 0 Å². The number of nitrogen functional groups attached to an aromatic ring is 1. The summed E-state index contributed by atoms with van der Waals surface area (Å²) in [7, 11) is 6.07. The normalized spacial score (nSPS) is 16.9. The molecule has 0 aromatic carbocycles. The van der Waals surface area contributed by atoms with Crippen LogP contribution in [0.2, 0.25) is 0 Å². The minimum atomic E-state index is 0.0775. The van der Waals surface area contributed by atoms with Crippen LogP contribution in [0.25, 0.3) is 0 Å². The first-order chi connectivity index (χ1) is 9.77. The molecule has 1 aromatic rings. The lowest BCUT2D eigenvalue weighted by atomic mass is 9.75. The van der Waals surface area contributed by atoms with Crippen molar-refractivity contribution in [2.45, 2.75) is 45.2 Å². The average molecular weight is 293 g/mol. The fourth-order valence-corrected chi connectivity index (χ4v) is 2.97. The summed E-state index contributed by atoms with van der Waals surface area (Å²) in [5.74, 6) is 0.0775. The maximum Gasteiger partial charge on any atom is 0.244 e. The predicted molar refractivity (Wildman–Crippen MR) is 84.0 cm³/mol. The number of carbonyl (C=O) groups excluding carboxylic acids is 1. The predicted octanol–water partition coefficient (Wildman–Crippen LogP) is 1.02. The van der Waals surface area contributed by atoms with Crippen molar-refractivity contribution in [2.24, 2.45) is 0 Å². The number of likely N-dealkylation sites (N-methyl/N-ethyl adjacent to an activating group) is 2. The van der Waals surface area contributed by atoms with Gasteiger partial charge in [-0.05, 0) is 47.2 Å². The minimum Gasteiger partial charge on any atom is -0.396 e. The van der Waals surface area contributed by atoms with Gasteiger partial charge in [0.05, 0.1) is 17.1 Å². The summed E-state index contributed by atoms with van der Waals surface area (Å²) in [4.78, 5) is 16.5. The van der Waals surface area contributed by atoms with Gasteiger partial charge in [-0.1, -0.05) is 0 Å². The lowest BCUT2D eigenvalue weighted by Gasteiger charge is -2.49. The second-order valence-electron chi connectivity index (χ2n) is 6.46. The molecule has 0 aliphatic heterocycles. The van der Waals surface area contributed by atoms with E-state index in [9.17, 15) is 4.79 Å². The van der Waals surface area contributed by atoms with E-state index in [1.807, 2.05) is 25.8 Å². The fraction of sp³-hybridized carbons (Fsp3) is 0.733. The van der Waals surface area contributed by atoms with Crippen molar-refractivity contribution in [3.05, 3.63) is 11.4 Å². The first kappa shape index (κ1) is 15.8. The highest BCUT2D eigenvalue weighted by atomic mass is 16.2. The van der Waals surface area contributed by atoms with Gasteiger partial charge in [-0.2, -0.15) is 5.10 Å². The molecular formula is C15H27N5O. The van der Waals surface area contributed by atoms with Crippen LogP contribution in [0.5, 0.6) is 0 Å². The molecule has 0 bridgehead atoms. The molecule has 1 aliphatic carbocycles. The van der Waals surface area contributed by atoms with Crippen LogP contribution in [-0.2, 0) is 11.3 Å². The van der Waals surface area contributed by atoms with Crippen LogP contribution in [-0.4, -0.2) is 58.7 Å². The molecule has 0 spiro atoms. The summed E-state index contributed by atoms with van der Waals surface area (Å²) in [6.45, 7) is 4.79. The number of rotatable bonds is 5. The van der Waals surface area contributed by atoms with Gasteiger partial charge in [0.25, 0.3) is 0 Å². The van der Waals surface area contributed by atoms with E-state index in [0.717, 1.165) is 30.8 Å². The van der Waals surface area contributed by atoms with Crippen LogP contribution in [0.4, 0.5) is 5.69 Å². The van der Waals surface area contributed by atoms with E-state index in [4.69, 9.17) is 5.73 Å². The number of nitrogens with two attached hydrogens (primary N) is 1. The van der Waals surface area contributed by atoms with E-state index in [-0.39, 0.29) is 18.0 Å². The Labute approximate surface area is 126 Å². The molecule has 1 aromatic heterocycles. The summed E-state index contributed by atoms with van der Waals surface area (Å²) < 4.78 is 1.70. The Bertz CT molecular complexity index is 530. The van der Waals surface area contributed by atoms with Crippen molar-refractivity contribution >= 4 is 11.6 Å². The number of amides is 1. The molecule has 118 valence electrons. The third-order valence-corrected chi connectivity index (χ3v) is 4.91. The summed E-state index contributed by atoms with van der Waals surface area (Å²) in [5, 5.41) is 4.33. The number of hydrogen-bond acceptors (Lipinski definition) is 4. The Morgan fingerprint density at radius 1 is 1.33 bits per heavy atom. The average Bonchev–Trinajstić information content (AvgIpc) is 2.60. The highest BCUT2D eigenvalue weighted by molar-refractivity contribution is 5.76. The Hall–Kier alpha value is -1.56. The molecule has 2 N–H and O–H groups in total. The maximum absolute atomic E-state index is 12.4. The second-order valence-corrected chi connectivity index (χ2v) is 6.46. The summed E-state index contributed by atoms with van der Waals surface area (Å²) >= 11 is 0. The lowest BCUT2D eigenvalue weighted by Crippen LogP contribution is -2.57. The van der Waals surface area contributed by atoms with Gasteiger partial charge >= 0.3 is 0 Å². The van der Waals surface area contributed by atoms with Crippen LogP contribution in [0, 0.1) is 13.8 Å². The van der Waals surface area contributed by atoms with Crippen molar-refractivity contribution < 1.29 is 4.79 Å². The maximum atomic E-state index is 12.4. The third kappa shape index (κ3) is 2.90. The molecule has 1 heterocycles. The monoisotopic (exact) mass is 293 g/mol. The molecule has 6 heteroatoms. The topological polar surface area (TPSA) is 67.4 Å². The standard InChI is InChI=1S/C15H27N5O/c1-11-14(16)12(2)20(17-11)9-13(21)19(5)10-15(18(3)4)7-6-8-15/h6-10,16H2,1-5H3. The molecule has 6 nitrogen and oxygen atoms in total. The summed E-state index contributed by atoms with van der Waals surface area (Å²) in [6.07, 6.45) is 3.56. The van der Waals surface area contributed by atoms with E-state index in [1.54, 1.807) is 4.68 Å². The zero-order valence-electron chi connectivity index (χ0n) is 13.8. The number of nitrogens with zero attached hydrogens (tertiary/aromatic N) is 4. The van der Waals surface area contributed by atoms with Gasteiger partial charge in [-0.25, -0.2) is 0 Å². The molecule has 0 atom stereocenters. The molecule has 0 radical (unpaired) electrons. The van der Waals surface area contributed by atoms with Crippen LogP contribution >= 0.6 is 0 Å². The first-order valence-electron chi connectivity index (χ1n) is 7.48. The van der Waals surface area contributed by atoms with Crippen molar-refractivity contribution in [3.63, 3.8) is 0 Å². The number of anilines is 1. The number of aryl methyl sites for hydroxylation is 1. The molecule has 1 amide bonds. The minimum absolute atomic E-state index is 0.0775. The van der Waals surface area contributed by atoms with E-state index in [1.165, 1.54) is 6.42 Å². The van der Waals surface area contributed by atoms with Crippen molar-refractivity contribution in [3.8, 4) is 0 Å². The van der Waals surface area contributed by atoms with Crippen LogP contribution in [0.1, 0.15) is 30.7 Å². The zero-order chi connectivity index (χ0) is 15.8. The van der Waals surface area contributed by atoms with E-state index in [2.05, 4.69) is 24.1 Å². The number of hydrogen-bond donors (Lipinski definition) is 1. The second kappa shape index (κ2) is 5.67. The van der Waals surface area contributed by atoms with Crippen molar-refractivity contribution in [1.29, 1.82) is 0 Å². The summed E-state index contributed by atoms with van der Waals surface area (Å²) in [5.41, 5.74) is 8.38. The largest absolute Gasteiger partial charge is 0.396 e. The SMILES string of the molecule is Cc1nn(CC(=O)N(C)CC2(N(C)C)CCC2)c(C)c1N. The van der Waals surface area contributed by atoms with Gasteiger partial charge in [0.2, 0.25) is 5.91 Å². The molecule has 1 aliphatic rings. The number of aromatic nitrogens is 2. The molecule has 1 fully saturated rings. The molecule has 0 saturated heterocycles. The van der Waals surface area contributed by atoms with Crippen LogP contribution < -0.4 is 5.73 Å². The molecule has 21 heavy (non-hydrogen) atoms. The smallest absolute Gasteiger partial charge is 0.244 e. The third-order valence-electron chi connectivity index (χ3n) is 4.91. The zero-order valence-corrected chi connectivity index (χ0v) is 13.8. The first-order valence-corrected chi connectivity index (χ1v) is 7.48. The Morgan fingerprint density at radius 3 is 2.33 bits per heavy atom. The Morgan fingerprint density at radius 2 is 1.95 bits per heavy atom. The van der Waals surface area contributed by atoms with Gasteiger partial charge in [0.1, 0.15) is 6.54 Å². The van der Waals surface area contributed by atoms with Gasteiger partial charge < -0.3 is 15.5 Å². The fourth-order valence-electron chi connectivity index (χ4n) is 2.97. The molecular weight excluding hydrogens is 266 g/mol. The number of carbonyl (C=O) groups is 1. The van der Waals surface area contributed by atoms with Gasteiger partial charge in [0, 0.05) is 19.1 Å². The van der Waals surface area contributed by atoms with Gasteiger partial charge in [0.15, 0.2) is 0 Å². The van der Waals surface area contributed by atoms with E-state index < -0.39 is 0 Å². The van der Waals surface area contributed by atoms with Crippen LogP contribution in [0.3, 0.4) is 0 Å². The molecule has 0 unspecified atom stereocenters. The molecule has 2 rings (SSSR count). The summed E-state index contributed by atoms with van der Waals surface area (Å²) in [6, 6.07) is 0. The van der Waals surface area contributed by atoms with E-state index in [0.29, 0.717) is 5.69 Å². The highest BCUT2D eigenvalue weighted by Gasteiger charge is 2.40. The Kier molecular flexibility index (Phi) is 4.27. The lowest BCUT2D eigenvalue weighted by molar-refractivity contribution is -0.133. The van der Waals surface area contributed by atoms with Crippen LogP contribution in [0.15, 0.2) is 0 Å². The van der Waals surface area contributed by atoms with Crippen molar-refractivity contribution in [1.82, 2.24) is 19.6 Å². The Balaban J connectivity index is 2.01. The quantitative estimate of drug-likeness (QED) is 0.880.